The quantitative estimate of drug-likeness (QED) is 0.716. The highest BCUT2D eigenvalue weighted by Gasteiger charge is 2.30. The molecule has 2 heteroatoms. The highest BCUT2D eigenvalue weighted by Crippen LogP contribution is 2.27. The first-order valence-electron chi connectivity index (χ1n) is 7.00. The van der Waals surface area contributed by atoms with Crippen LogP contribution in [0.2, 0.25) is 0 Å². The molecule has 2 saturated heterocycles. The van der Waals surface area contributed by atoms with Gasteiger partial charge in [-0.15, -0.1) is 0 Å². The lowest BCUT2D eigenvalue weighted by Crippen LogP contribution is -2.45. The van der Waals surface area contributed by atoms with E-state index in [2.05, 4.69) is 25.7 Å². The summed E-state index contributed by atoms with van der Waals surface area (Å²) in [6.07, 6.45) is 4.47. The molecule has 3 atom stereocenters. The minimum absolute atomic E-state index is 0.483. The fraction of sp³-hybridized carbons (Fsp3) is 1.00. The van der Waals surface area contributed by atoms with E-state index in [1.807, 2.05) is 0 Å². The van der Waals surface area contributed by atoms with Crippen molar-refractivity contribution in [2.75, 3.05) is 26.2 Å². The summed E-state index contributed by atoms with van der Waals surface area (Å²) in [6, 6.07) is 0. The van der Waals surface area contributed by atoms with Crippen molar-refractivity contribution in [1.29, 1.82) is 0 Å². The van der Waals surface area contributed by atoms with Crippen molar-refractivity contribution >= 4 is 0 Å². The van der Waals surface area contributed by atoms with Crippen LogP contribution in [0.5, 0.6) is 0 Å². The number of ether oxygens (including phenoxy) is 1. The average Bonchev–Trinajstić information content (AvgIpc) is 2.28. The third kappa shape index (κ3) is 2.98. The van der Waals surface area contributed by atoms with Crippen molar-refractivity contribution in [2.24, 2.45) is 17.8 Å². The zero-order valence-electron chi connectivity index (χ0n) is 11.1. The Morgan fingerprint density at radius 1 is 1.06 bits per heavy atom. The molecule has 0 aromatic carbocycles. The molecule has 1 unspecified atom stereocenters. The van der Waals surface area contributed by atoms with Crippen LogP contribution >= 0.6 is 0 Å². The Morgan fingerprint density at radius 3 is 2.44 bits per heavy atom. The summed E-state index contributed by atoms with van der Waals surface area (Å²) in [6.45, 7) is 11.8. The lowest BCUT2D eigenvalue weighted by Gasteiger charge is -2.39. The molecule has 2 nitrogen and oxygen atoms in total. The lowest BCUT2D eigenvalue weighted by molar-refractivity contribution is -0.0640. The van der Waals surface area contributed by atoms with Gasteiger partial charge in [0, 0.05) is 13.2 Å². The minimum Gasteiger partial charge on any atom is -0.377 e. The van der Waals surface area contributed by atoms with Gasteiger partial charge in [-0.05, 0) is 50.1 Å². The molecule has 0 N–H and O–H groups in total. The number of likely N-dealkylation sites (tertiary alicyclic amines) is 1. The first-order chi connectivity index (χ1) is 7.66. The Labute approximate surface area is 100 Å². The normalized spacial score (nSPS) is 38.8. The molecule has 2 aliphatic rings. The number of rotatable bonds is 2. The molecule has 2 heterocycles. The van der Waals surface area contributed by atoms with Crippen LogP contribution in [0.25, 0.3) is 0 Å². The topological polar surface area (TPSA) is 12.5 Å². The predicted molar refractivity (Wildman–Crippen MR) is 67.5 cm³/mol. The molecule has 2 fully saturated rings. The highest BCUT2D eigenvalue weighted by molar-refractivity contribution is 4.80. The third-order valence-electron chi connectivity index (χ3n) is 4.70. The van der Waals surface area contributed by atoms with E-state index in [4.69, 9.17) is 4.74 Å². The zero-order chi connectivity index (χ0) is 11.5. The number of hydrogen-bond acceptors (Lipinski definition) is 2. The van der Waals surface area contributed by atoms with Crippen molar-refractivity contribution in [1.82, 2.24) is 4.90 Å². The predicted octanol–water partition coefficient (Wildman–Crippen LogP) is 2.78. The fourth-order valence-corrected chi connectivity index (χ4v) is 2.90. The largest absolute Gasteiger partial charge is 0.377 e. The summed E-state index contributed by atoms with van der Waals surface area (Å²) in [5, 5.41) is 0. The Hall–Kier alpha value is -0.0800. The van der Waals surface area contributed by atoms with Crippen molar-refractivity contribution in [3.8, 4) is 0 Å². The Morgan fingerprint density at radius 2 is 1.75 bits per heavy atom. The third-order valence-corrected chi connectivity index (χ3v) is 4.70. The second-order valence-electron chi connectivity index (χ2n) is 6.02. The number of piperidine rings is 1. The van der Waals surface area contributed by atoms with Crippen LogP contribution in [0.1, 0.15) is 40.0 Å². The SMILES string of the molecule is CC1CCN(C[C@H]2OCC[C@H](C)C2C)CC1. The summed E-state index contributed by atoms with van der Waals surface area (Å²) in [5.41, 5.74) is 0. The maximum atomic E-state index is 5.95. The zero-order valence-corrected chi connectivity index (χ0v) is 11.1. The van der Waals surface area contributed by atoms with Gasteiger partial charge in [0.05, 0.1) is 6.10 Å². The lowest BCUT2D eigenvalue weighted by atomic mass is 9.85. The number of hydrogen-bond donors (Lipinski definition) is 0. The van der Waals surface area contributed by atoms with E-state index in [1.165, 1.54) is 32.4 Å². The summed E-state index contributed by atoms with van der Waals surface area (Å²) in [7, 11) is 0. The molecule has 94 valence electrons. The van der Waals surface area contributed by atoms with Gasteiger partial charge < -0.3 is 9.64 Å². The van der Waals surface area contributed by atoms with E-state index in [0.717, 1.165) is 30.9 Å². The van der Waals surface area contributed by atoms with Gasteiger partial charge in [0.15, 0.2) is 0 Å². The Bertz CT molecular complexity index is 211. The van der Waals surface area contributed by atoms with Crippen LogP contribution < -0.4 is 0 Å². The van der Waals surface area contributed by atoms with Crippen LogP contribution in [0.15, 0.2) is 0 Å². The van der Waals surface area contributed by atoms with Gasteiger partial charge in [0.25, 0.3) is 0 Å². The van der Waals surface area contributed by atoms with Gasteiger partial charge >= 0.3 is 0 Å². The Balaban J connectivity index is 1.80. The van der Waals surface area contributed by atoms with Gasteiger partial charge in [0.1, 0.15) is 0 Å². The van der Waals surface area contributed by atoms with Crippen LogP contribution in [0.4, 0.5) is 0 Å². The maximum Gasteiger partial charge on any atom is 0.0729 e. The summed E-state index contributed by atoms with van der Waals surface area (Å²) in [5.74, 6) is 2.50. The van der Waals surface area contributed by atoms with Gasteiger partial charge in [-0.1, -0.05) is 20.8 Å². The van der Waals surface area contributed by atoms with Crippen molar-refractivity contribution in [3.63, 3.8) is 0 Å². The van der Waals surface area contributed by atoms with Crippen LogP contribution in [-0.4, -0.2) is 37.2 Å². The molecule has 0 bridgehead atoms. The first-order valence-corrected chi connectivity index (χ1v) is 7.00. The van der Waals surface area contributed by atoms with Crippen molar-refractivity contribution in [3.05, 3.63) is 0 Å². The first kappa shape index (κ1) is 12.4. The monoisotopic (exact) mass is 225 g/mol. The average molecular weight is 225 g/mol. The summed E-state index contributed by atoms with van der Waals surface area (Å²) >= 11 is 0. The van der Waals surface area contributed by atoms with E-state index < -0.39 is 0 Å². The van der Waals surface area contributed by atoms with E-state index in [9.17, 15) is 0 Å². The molecular weight excluding hydrogens is 198 g/mol. The molecule has 0 amide bonds. The molecule has 0 saturated carbocycles. The fourth-order valence-electron chi connectivity index (χ4n) is 2.90. The van der Waals surface area contributed by atoms with Crippen LogP contribution in [-0.2, 0) is 4.74 Å². The second kappa shape index (κ2) is 5.50. The molecule has 16 heavy (non-hydrogen) atoms. The molecule has 2 aliphatic heterocycles. The van der Waals surface area contributed by atoms with Crippen LogP contribution in [0.3, 0.4) is 0 Å². The van der Waals surface area contributed by atoms with Crippen molar-refractivity contribution < 1.29 is 4.74 Å². The molecule has 0 radical (unpaired) electrons. The maximum absolute atomic E-state index is 5.95. The summed E-state index contributed by atoms with van der Waals surface area (Å²) < 4.78 is 5.95. The highest BCUT2D eigenvalue weighted by atomic mass is 16.5. The van der Waals surface area contributed by atoms with E-state index in [1.54, 1.807) is 0 Å². The molecule has 0 aromatic heterocycles. The standard InChI is InChI=1S/C14H27NO/c1-11-4-7-15(8-5-11)10-14-13(3)12(2)6-9-16-14/h11-14H,4-10H2,1-3H3/t12-,13?,14+/m0/s1. The second-order valence-corrected chi connectivity index (χ2v) is 6.02. The van der Waals surface area contributed by atoms with Gasteiger partial charge in [0.2, 0.25) is 0 Å². The molecule has 0 aliphatic carbocycles. The van der Waals surface area contributed by atoms with Gasteiger partial charge in [-0.3, -0.25) is 0 Å². The molecular formula is C14H27NO. The van der Waals surface area contributed by atoms with Crippen LogP contribution in [0, 0.1) is 17.8 Å². The van der Waals surface area contributed by atoms with Gasteiger partial charge in [-0.2, -0.15) is 0 Å². The van der Waals surface area contributed by atoms with Crippen molar-refractivity contribution in [2.45, 2.75) is 46.1 Å². The smallest absolute Gasteiger partial charge is 0.0729 e. The van der Waals surface area contributed by atoms with E-state index >= 15 is 0 Å². The van der Waals surface area contributed by atoms with E-state index in [-0.39, 0.29) is 0 Å². The Kier molecular flexibility index (Phi) is 4.26. The minimum atomic E-state index is 0.483. The van der Waals surface area contributed by atoms with Gasteiger partial charge in [-0.25, -0.2) is 0 Å². The summed E-state index contributed by atoms with van der Waals surface area (Å²) in [4.78, 5) is 2.61. The van der Waals surface area contributed by atoms with E-state index in [0.29, 0.717) is 6.10 Å². The molecule has 0 spiro atoms. The molecule has 0 aromatic rings. The molecule has 2 rings (SSSR count). The number of nitrogens with zero attached hydrogens (tertiary/aromatic N) is 1.